The highest BCUT2D eigenvalue weighted by Gasteiger charge is 2.35. The van der Waals surface area contributed by atoms with Crippen molar-refractivity contribution in [2.75, 3.05) is 19.8 Å². The number of carbonyl (C=O) groups excluding carboxylic acids is 2. The molecular weight excluding hydrogens is 578 g/mol. The number of carbonyl (C=O) groups is 2. The van der Waals surface area contributed by atoms with E-state index in [9.17, 15) is 9.59 Å². The van der Waals surface area contributed by atoms with Crippen LogP contribution in [0, 0.1) is 6.92 Å². The molecule has 1 saturated heterocycles. The Morgan fingerprint density at radius 3 is 2.54 bits per heavy atom. The van der Waals surface area contributed by atoms with Crippen LogP contribution in [0.4, 0.5) is 4.79 Å². The summed E-state index contributed by atoms with van der Waals surface area (Å²) in [6.45, 7) is 5.08. The van der Waals surface area contributed by atoms with Crippen LogP contribution in [0.3, 0.4) is 0 Å². The van der Waals surface area contributed by atoms with E-state index in [2.05, 4.69) is 22.0 Å². The monoisotopic (exact) mass is 601 g/mol. The van der Waals surface area contributed by atoms with Gasteiger partial charge in [-0.3, -0.25) is 14.5 Å². The first-order valence-corrected chi connectivity index (χ1v) is 13.6. The number of thioether (sulfide) groups is 1. The standard InChI is InChI=1S/C28H25BrClNO5S/c1-3-34-24-15-20(14-23(29)26(24)36-17-19-6-4-5-18(2)13-19)16-25-27(32)31(28(33)37-25)11-12-35-22-9-7-21(30)8-10-22/h4-10,13-16H,3,11-12,17H2,1-2H3/b25-16-. The molecule has 37 heavy (non-hydrogen) atoms. The third kappa shape index (κ3) is 7.09. The fourth-order valence-corrected chi connectivity index (χ4v) is 5.23. The molecule has 0 N–H and O–H groups in total. The van der Waals surface area contributed by atoms with Gasteiger partial charge in [-0.05, 0) is 95.1 Å². The molecule has 0 atom stereocenters. The average Bonchev–Trinajstić information content (AvgIpc) is 3.12. The molecule has 0 saturated carbocycles. The smallest absolute Gasteiger partial charge is 0.293 e. The number of hydrogen-bond donors (Lipinski definition) is 0. The molecule has 3 aromatic rings. The second-order valence-corrected chi connectivity index (χ2v) is 10.5. The minimum Gasteiger partial charge on any atom is -0.492 e. The molecule has 4 rings (SSSR count). The van der Waals surface area contributed by atoms with Gasteiger partial charge in [0.25, 0.3) is 11.1 Å². The highest BCUT2D eigenvalue weighted by atomic mass is 79.9. The first kappa shape index (κ1) is 27.1. The molecule has 2 amide bonds. The van der Waals surface area contributed by atoms with E-state index in [0.29, 0.717) is 50.4 Å². The number of rotatable bonds is 10. The summed E-state index contributed by atoms with van der Waals surface area (Å²) in [6, 6.07) is 18.6. The van der Waals surface area contributed by atoms with Gasteiger partial charge in [-0.15, -0.1) is 0 Å². The zero-order valence-electron chi connectivity index (χ0n) is 20.3. The molecule has 6 nitrogen and oxygen atoms in total. The first-order chi connectivity index (χ1) is 17.8. The number of benzene rings is 3. The lowest BCUT2D eigenvalue weighted by Gasteiger charge is -2.15. The third-order valence-electron chi connectivity index (χ3n) is 5.37. The minimum atomic E-state index is -0.358. The van der Waals surface area contributed by atoms with Crippen molar-refractivity contribution < 1.29 is 23.8 Å². The van der Waals surface area contributed by atoms with Crippen molar-refractivity contribution in [2.24, 2.45) is 0 Å². The maximum absolute atomic E-state index is 12.9. The molecule has 1 heterocycles. The number of ether oxygens (including phenoxy) is 3. The van der Waals surface area contributed by atoms with E-state index in [1.54, 1.807) is 36.4 Å². The fraction of sp³-hybridized carbons (Fsp3) is 0.214. The predicted molar refractivity (Wildman–Crippen MR) is 150 cm³/mol. The first-order valence-electron chi connectivity index (χ1n) is 11.6. The Morgan fingerprint density at radius 1 is 1.03 bits per heavy atom. The van der Waals surface area contributed by atoms with Gasteiger partial charge in [0.15, 0.2) is 11.5 Å². The Kier molecular flexibility index (Phi) is 9.18. The van der Waals surface area contributed by atoms with Crippen LogP contribution in [0.1, 0.15) is 23.6 Å². The highest BCUT2D eigenvalue weighted by molar-refractivity contribution is 9.10. The van der Waals surface area contributed by atoms with Gasteiger partial charge in [-0.2, -0.15) is 0 Å². The Morgan fingerprint density at radius 2 is 1.81 bits per heavy atom. The van der Waals surface area contributed by atoms with E-state index in [4.69, 9.17) is 25.8 Å². The Labute approximate surface area is 233 Å². The highest BCUT2D eigenvalue weighted by Crippen LogP contribution is 2.39. The minimum absolute atomic E-state index is 0.143. The van der Waals surface area contributed by atoms with Crippen LogP contribution in [0.2, 0.25) is 5.02 Å². The summed E-state index contributed by atoms with van der Waals surface area (Å²) >= 11 is 10.4. The SMILES string of the molecule is CCOc1cc(/C=C2\SC(=O)N(CCOc3ccc(Cl)cc3)C2=O)cc(Br)c1OCc1cccc(C)c1. The van der Waals surface area contributed by atoms with Crippen LogP contribution >= 0.6 is 39.3 Å². The molecule has 0 aliphatic carbocycles. The summed E-state index contributed by atoms with van der Waals surface area (Å²) in [5, 5.41) is 0.270. The van der Waals surface area contributed by atoms with Gasteiger partial charge in [-0.25, -0.2) is 0 Å². The number of imide groups is 1. The van der Waals surface area contributed by atoms with Gasteiger partial charge >= 0.3 is 0 Å². The van der Waals surface area contributed by atoms with Gasteiger partial charge in [0, 0.05) is 5.02 Å². The molecule has 0 unspecified atom stereocenters. The summed E-state index contributed by atoms with van der Waals surface area (Å²) in [6.07, 6.45) is 1.68. The van der Waals surface area contributed by atoms with E-state index in [1.807, 2.05) is 38.1 Å². The van der Waals surface area contributed by atoms with E-state index < -0.39 is 0 Å². The molecular formula is C28H25BrClNO5S. The molecule has 1 fully saturated rings. The number of nitrogens with zero attached hydrogens (tertiary/aromatic N) is 1. The maximum Gasteiger partial charge on any atom is 0.293 e. The van der Waals surface area contributed by atoms with Crippen molar-refractivity contribution in [1.29, 1.82) is 0 Å². The van der Waals surface area contributed by atoms with Crippen molar-refractivity contribution in [3.05, 3.63) is 91.8 Å². The van der Waals surface area contributed by atoms with Gasteiger partial charge in [-0.1, -0.05) is 41.4 Å². The summed E-state index contributed by atoms with van der Waals surface area (Å²) in [5.41, 5.74) is 2.92. The number of aryl methyl sites for hydroxylation is 1. The molecule has 9 heteroatoms. The Hall–Kier alpha value is -2.94. The van der Waals surface area contributed by atoms with Crippen LogP contribution in [0.5, 0.6) is 17.2 Å². The molecule has 0 aromatic heterocycles. The molecule has 192 valence electrons. The number of amides is 2. The van der Waals surface area contributed by atoms with E-state index in [-0.39, 0.29) is 24.3 Å². The summed E-state index contributed by atoms with van der Waals surface area (Å²) in [5.74, 6) is 1.38. The molecule has 1 aliphatic heterocycles. The maximum atomic E-state index is 12.9. The fourth-order valence-electron chi connectivity index (χ4n) is 3.66. The molecule has 1 aliphatic rings. The normalized spacial score (nSPS) is 14.4. The van der Waals surface area contributed by atoms with Crippen molar-refractivity contribution in [2.45, 2.75) is 20.5 Å². The number of halogens is 2. The molecule has 3 aromatic carbocycles. The Balaban J connectivity index is 1.45. The second-order valence-electron chi connectivity index (χ2n) is 8.18. The lowest BCUT2D eigenvalue weighted by molar-refractivity contribution is -0.123. The van der Waals surface area contributed by atoms with Crippen molar-refractivity contribution in [1.82, 2.24) is 4.90 Å². The molecule has 0 bridgehead atoms. The topological polar surface area (TPSA) is 65.1 Å². The third-order valence-corrected chi connectivity index (χ3v) is 7.11. The predicted octanol–water partition coefficient (Wildman–Crippen LogP) is 7.50. The van der Waals surface area contributed by atoms with Gasteiger partial charge < -0.3 is 14.2 Å². The van der Waals surface area contributed by atoms with Crippen LogP contribution in [0.15, 0.2) is 70.0 Å². The van der Waals surface area contributed by atoms with E-state index in [0.717, 1.165) is 22.9 Å². The van der Waals surface area contributed by atoms with E-state index in [1.165, 1.54) is 4.90 Å². The summed E-state index contributed by atoms with van der Waals surface area (Å²) in [7, 11) is 0. The van der Waals surface area contributed by atoms with Crippen LogP contribution in [-0.2, 0) is 11.4 Å². The average molecular weight is 603 g/mol. The largest absolute Gasteiger partial charge is 0.492 e. The van der Waals surface area contributed by atoms with Crippen LogP contribution in [-0.4, -0.2) is 35.8 Å². The van der Waals surface area contributed by atoms with Crippen LogP contribution in [0.25, 0.3) is 6.08 Å². The van der Waals surface area contributed by atoms with E-state index >= 15 is 0 Å². The zero-order chi connectivity index (χ0) is 26.4. The van der Waals surface area contributed by atoms with Gasteiger partial charge in [0.2, 0.25) is 0 Å². The molecule has 0 radical (unpaired) electrons. The quantitative estimate of drug-likeness (QED) is 0.224. The van der Waals surface area contributed by atoms with Crippen molar-refractivity contribution >= 4 is 56.5 Å². The second kappa shape index (κ2) is 12.5. The lowest BCUT2D eigenvalue weighted by atomic mass is 10.1. The number of hydrogen-bond acceptors (Lipinski definition) is 6. The lowest BCUT2D eigenvalue weighted by Crippen LogP contribution is -2.32. The van der Waals surface area contributed by atoms with Crippen molar-refractivity contribution in [3.63, 3.8) is 0 Å². The zero-order valence-corrected chi connectivity index (χ0v) is 23.5. The van der Waals surface area contributed by atoms with Gasteiger partial charge in [0.05, 0.1) is 22.5 Å². The Bertz CT molecular complexity index is 1330. The van der Waals surface area contributed by atoms with Crippen LogP contribution < -0.4 is 14.2 Å². The van der Waals surface area contributed by atoms with Gasteiger partial charge in [0.1, 0.15) is 19.0 Å². The van der Waals surface area contributed by atoms with Crippen molar-refractivity contribution in [3.8, 4) is 17.2 Å². The summed E-state index contributed by atoms with van der Waals surface area (Å²) in [4.78, 5) is 27.0. The summed E-state index contributed by atoms with van der Waals surface area (Å²) < 4.78 is 18.2. The molecule has 0 spiro atoms.